The number of carbonyl (C=O) groups is 2. The molecule has 0 saturated heterocycles. The predicted octanol–water partition coefficient (Wildman–Crippen LogP) is 2.67. The van der Waals surface area contributed by atoms with Gasteiger partial charge in [0, 0.05) is 38.6 Å². The molecule has 0 aliphatic rings. The lowest BCUT2D eigenvalue weighted by atomic mass is 10.2. The summed E-state index contributed by atoms with van der Waals surface area (Å²) in [5.41, 5.74) is 3.07. The van der Waals surface area contributed by atoms with Crippen molar-refractivity contribution in [1.29, 1.82) is 0 Å². The van der Waals surface area contributed by atoms with Crippen LogP contribution in [0.1, 0.15) is 18.4 Å². The highest BCUT2D eigenvalue weighted by molar-refractivity contribution is 5.93. The molecule has 0 heterocycles. The first kappa shape index (κ1) is 21.5. The number of carbonyl (C=O) groups excluding carboxylic acids is 2. The number of nitrogens with zero attached hydrogens (tertiary/aromatic N) is 3. The van der Waals surface area contributed by atoms with E-state index in [1.165, 1.54) is 30.5 Å². The number of halogens is 1. The summed E-state index contributed by atoms with van der Waals surface area (Å²) in [6.45, 7) is 0. The number of anilines is 2. The molecule has 2 N–H and O–H groups in total. The maximum absolute atomic E-state index is 13.5. The molecular weight excluding hydrogens is 381 g/mol. The van der Waals surface area contributed by atoms with Gasteiger partial charge >= 0.3 is 0 Å². The lowest BCUT2D eigenvalue weighted by Crippen LogP contribution is -2.21. The van der Waals surface area contributed by atoms with Crippen LogP contribution in [0.3, 0.4) is 0 Å². The molecule has 10 heteroatoms. The molecule has 0 spiro atoms. The predicted molar refractivity (Wildman–Crippen MR) is 107 cm³/mol. The Bertz CT molecular complexity index is 946. The van der Waals surface area contributed by atoms with Crippen LogP contribution < -0.4 is 15.6 Å². The van der Waals surface area contributed by atoms with Gasteiger partial charge < -0.3 is 10.2 Å². The molecule has 2 aromatic rings. The summed E-state index contributed by atoms with van der Waals surface area (Å²) in [7, 11) is 3.39. The summed E-state index contributed by atoms with van der Waals surface area (Å²) in [5, 5.41) is 17.3. The average molecular weight is 401 g/mol. The zero-order valence-electron chi connectivity index (χ0n) is 15.9. The van der Waals surface area contributed by atoms with Gasteiger partial charge in [0.25, 0.3) is 5.69 Å². The van der Waals surface area contributed by atoms with E-state index in [9.17, 15) is 24.1 Å². The van der Waals surface area contributed by atoms with Crippen LogP contribution in [0.5, 0.6) is 0 Å². The number of hydrogen-bond donors (Lipinski definition) is 2. The third kappa shape index (κ3) is 6.38. The number of benzene rings is 2. The van der Waals surface area contributed by atoms with Crippen LogP contribution in [0.2, 0.25) is 0 Å². The molecule has 2 rings (SSSR count). The normalized spacial score (nSPS) is 10.6. The number of hydrazone groups is 1. The van der Waals surface area contributed by atoms with Crippen molar-refractivity contribution in [2.45, 2.75) is 12.8 Å². The standard InChI is InChI=1S/C19H20FN5O4/c1-24(2)16-8-7-13(11-17(16)25(28)29)12-21-23-19(27)10-9-18(26)22-15-6-4-3-5-14(15)20/h3-8,11-12H,9-10H2,1-2H3,(H,22,26)(H,23,27). The van der Waals surface area contributed by atoms with Crippen molar-refractivity contribution >= 4 is 35.1 Å². The quantitative estimate of drug-likeness (QED) is 0.401. The highest BCUT2D eigenvalue weighted by atomic mass is 19.1. The second-order valence-electron chi connectivity index (χ2n) is 6.22. The lowest BCUT2D eigenvalue weighted by Gasteiger charge is -2.12. The second-order valence-corrected chi connectivity index (χ2v) is 6.22. The van der Waals surface area contributed by atoms with E-state index in [0.717, 1.165) is 0 Å². The Morgan fingerprint density at radius 2 is 1.86 bits per heavy atom. The first-order valence-corrected chi connectivity index (χ1v) is 8.60. The summed E-state index contributed by atoms with van der Waals surface area (Å²) < 4.78 is 13.5. The van der Waals surface area contributed by atoms with E-state index in [0.29, 0.717) is 11.3 Å². The van der Waals surface area contributed by atoms with E-state index in [1.807, 2.05) is 0 Å². The summed E-state index contributed by atoms with van der Waals surface area (Å²) in [4.78, 5) is 35.9. The first-order chi connectivity index (χ1) is 13.8. The van der Waals surface area contributed by atoms with Crippen LogP contribution in [0.4, 0.5) is 21.5 Å². The van der Waals surface area contributed by atoms with Crippen LogP contribution >= 0.6 is 0 Å². The third-order valence-electron chi connectivity index (χ3n) is 3.81. The molecule has 0 saturated carbocycles. The third-order valence-corrected chi connectivity index (χ3v) is 3.81. The van der Waals surface area contributed by atoms with E-state index >= 15 is 0 Å². The minimum Gasteiger partial charge on any atom is -0.372 e. The number of hydrogen-bond acceptors (Lipinski definition) is 6. The minimum atomic E-state index is -0.565. The van der Waals surface area contributed by atoms with Crippen molar-refractivity contribution in [3.8, 4) is 0 Å². The van der Waals surface area contributed by atoms with E-state index in [-0.39, 0.29) is 24.2 Å². The molecule has 2 aromatic carbocycles. The molecule has 0 aromatic heterocycles. The van der Waals surface area contributed by atoms with Gasteiger partial charge in [0.05, 0.1) is 16.8 Å². The Hall–Kier alpha value is -3.82. The van der Waals surface area contributed by atoms with Gasteiger partial charge in [-0.1, -0.05) is 18.2 Å². The Kier molecular flexibility index (Phi) is 7.35. The van der Waals surface area contributed by atoms with E-state index in [4.69, 9.17) is 0 Å². The average Bonchev–Trinajstić information content (AvgIpc) is 2.68. The molecule has 0 aliphatic heterocycles. The fourth-order valence-corrected chi connectivity index (χ4v) is 2.38. The lowest BCUT2D eigenvalue weighted by molar-refractivity contribution is -0.384. The monoisotopic (exact) mass is 401 g/mol. The summed E-state index contributed by atoms with van der Waals surface area (Å²) in [5.74, 6) is -1.60. The van der Waals surface area contributed by atoms with Crippen molar-refractivity contribution in [2.24, 2.45) is 5.10 Å². The number of amides is 2. The smallest absolute Gasteiger partial charge is 0.293 e. The zero-order valence-corrected chi connectivity index (χ0v) is 15.9. The molecule has 0 aliphatic carbocycles. The molecule has 0 radical (unpaired) electrons. The second kappa shape index (κ2) is 9.93. The number of nitrogens with one attached hydrogen (secondary N) is 2. The summed E-state index contributed by atoms with van der Waals surface area (Å²) in [6.07, 6.45) is 0.958. The number of nitro benzene ring substituents is 1. The highest BCUT2D eigenvalue weighted by Crippen LogP contribution is 2.27. The van der Waals surface area contributed by atoms with Crippen molar-refractivity contribution in [1.82, 2.24) is 5.43 Å². The zero-order chi connectivity index (χ0) is 21.4. The van der Waals surface area contributed by atoms with Crippen molar-refractivity contribution < 1.29 is 18.9 Å². The van der Waals surface area contributed by atoms with Gasteiger partial charge in [-0.2, -0.15) is 5.10 Å². The van der Waals surface area contributed by atoms with E-state index in [2.05, 4.69) is 15.8 Å². The fraction of sp³-hybridized carbons (Fsp3) is 0.211. The van der Waals surface area contributed by atoms with Crippen molar-refractivity contribution in [3.63, 3.8) is 0 Å². The molecule has 0 unspecified atom stereocenters. The van der Waals surface area contributed by atoms with Gasteiger partial charge in [0.15, 0.2) is 0 Å². The molecule has 0 fully saturated rings. The topological polar surface area (TPSA) is 117 Å². The van der Waals surface area contributed by atoms with Crippen molar-refractivity contribution in [3.05, 3.63) is 64.0 Å². The molecule has 29 heavy (non-hydrogen) atoms. The van der Waals surface area contributed by atoms with Crippen LogP contribution in [0, 0.1) is 15.9 Å². The Morgan fingerprint density at radius 3 is 2.52 bits per heavy atom. The Labute approximate surface area is 166 Å². The van der Waals surface area contributed by atoms with E-state index in [1.54, 1.807) is 37.2 Å². The van der Waals surface area contributed by atoms with Gasteiger partial charge in [-0.15, -0.1) is 0 Å². The molecule has 152 valence electrons. The van der Waals surface area contributed by atoms with Crippen LogP contribution in [0.25, 0.3) is 0 Å². The number of nitro groups is 1. The highest BCUT2D eigenvalue weighted by Gasteiger charge is 2.15. The largest absolute Gasteiger partial charge is 0.372 e. The molecular formula is C19H20FN5O4. The Balaban J connectivity index is 1.86. The fourth-order valence-electron chi connectivity index (χ4n) is 2.38. The van der Waals surface area contributed by atoms with E-state index < -0.39 is 22.6 Å². The summed E-state index contributed by atoms with van der Waals surface area (Å²) in [6, 6.07) is 10.3. The van der Waals surface area contributed by atoms with Gasteiger partial charge in [0.1, 0.15) is 11.5 Å². The number of rotatable bonds is 8. The van der Waals surface area contributed by atoms with Gasteiger partial charge in [-0.05, 0) is 18.2 Å². The molecule has 2 amide bonds. The minimum absolute atomic E-state index is 0.0405. The maximum atomic E-state index is 13.5. The van der Waals surface area contributed by atoms with Gasteiger partial charge in [-0.25, -0.2) is 9.82 Å². The number of para-hydroxylation sites is 1. The van der Waals surface area contributed by atoms with Crippen LogP contribution in [-0.2, 0) is 9.59 Å². The van der Waals surface area contributed by atoms with Crippen LogP contribution in [0.15, 0.2) is 47.6 Å². The van der Waals surface area contributed by atoms with Crippen molar-refractivity contribution in [2.75, 3.05) is 24.3 Å². The molecule has 9 nitrogen and oxygen atoms in total. The van der Waals surface area contributed by atoms with Gasteiger partial charge in [0.2, 0.25) is 11.8 Å². The summed E-state index contributed by atoms with van der Waals surface area (Å²) >= 11 is 0. The molecule has 0 bridgehead atoms. The Morgan fingerprint density at radius 1 is 1.17 bits per heavy atom. The van der Waals surface area contributed by atoms with Gasteiger partial charge in [-0.3, -0.25) is 19.7 Å². The molecule has 0 atom stereocenters. The first-order valence-electron chi connectivity index (χ1n) is 8.60. The maximum Gasteiger partial charge on any atom is 0.293 e. The SMILES string of the molecule is CN(C)c1ccc(C=NNC(=O)CCC(=O)Nc2ccccc2F)cc1[N+](=O)[O-]. The van der Waals surface area contributed by atoms with Crippen LogP contribution in [-0.4, -0.2) is 37.0 Å².